The molecule has 1 aromatic heterocycles. The van der Waals surface area contributed by atoms with Crippen LogP contribution in [0.3, 0.4) is 0 Å². The van der Waals surface area contributed by atoms with E-state index in [1.807, 2.05) is 24.2 Å². The van der Waals surface area contributed by atoms with Crippen LogP contribution in [0.25, 0.3) is 0 Å². The number of nitrogens with zero attached hydrogens (tertiary/aromatic N) is 2. The summed E-state index contributed by atoms with van der Waals surface area (Å²) >= 11 is 1.85. The number of imidazole rings is 1. The average molecular weight is 196 g/mol. The van der Waals surface area contributed by atoms with E-state index in [9.17, 15) is 0 Å². The molecular formula is C9H14N3S+. The fourth-order valence-corrected chi connectivity index (χ4v) is 1.63. The third-order valence-electron chi connectivity index (χ3n) is 1.85. The normalized spacial score (nSPS) is 9.85. The number of aryl methyl sites for hydroxylation is 1. The number of hydrogen-bond acceptors (Lipinski definition) is 2. The number of hydrogen-bond donors (Lipinski definition) is 1. The Kier molecular flexibility index (Phi) is 4.41. The Balaban J connectivity index is 2.46. The van der Waals surface area contributed by atoms with E-state index in [0.717, 1.165) is 18.8 Å². The van der Waals surface area contributed by atoms with Gasteiger partial charge in [-0.15, -0.1) is 0 Å². The third kappa shape index (κ3) is 3.11. The summed E-state index contributed by atoms with van der Waals surface area (Å²) in [6, 6.07) is 2.14. The van der Waals surface area contributed by atoms with E-state index in [0.29, 0.717) is 6.42 Å². The Morgan fingerprint density at radius 2 is 2.54 bits per heavy atom. The molecule has 0 bridgehead atoms. The summed E-state index contributed by atoms with van der Waals surface area (Å²) in [6.07, 6.45) is 7.60. The lowest BCUT2D eigenvalue weighted by Gasteiger charge is -1.97. The Morgan fingerprint density at radius 3 is 3.23 bits per heavy atom. The van der Waals surface area contributed by atoms with E-state index in [1.165, 1.54) is 5.75 Å². The molecule has 0 spiro atoms. The summed E-state index contributed by atoms with van der Waals surface area (Å²) in [5, 5.41) is 8.55. The summed E-state index contributed by atoms with van der Waals surface area (Å²) in [5.41, 5.74) is 0. The number of aromatic amines is 1. The first-order valence-corrected chi connectivity index (χ1v) is 5.69. The Labute approximate surface area is 82.8 Å². The molecule has 0 aromatic carbocycles. The molecular weight excluding hydrogens is 182 g/mol. The molecule has 0 atom stereocenters. The zero-order valence-electron chi connectivity index (χ0n) is 7.79. The van der Waals surface area contributed by atoms with Gasteiger partial charge >= 0.3 is 0 Å². The van der Waals surface area contributed by atoms with Crippen molar-refractivity contribution in [1.29, 1.82) is 5.26 Å². The quantitative estimate of drug-likeness (QED) is 0.566. The van der Waals surface area contributed by atoms with Crippen LogP contribution < -0.4 is 4.57 Å². The highest BCUT2D eigenvalue weighted by molar-refractivity contribution is 7.98. The molecule has 1 N–H and O–H groups in total. The van der Waals surface area contributed by atoms with E-state index in [-0.39, 0.29) is 0 Å². The summed E-state index contributed by atoms with van der Waals surface area (Å²) in [5.74, 6) is 2.17. The minimum Gasteiger partial charge on any atom is -0.247 e. The SMILES string of the molecule is CSCCC[n+]1cc[nH]c1CC#N. The van der Waals surface area contributed by atoms with Crippen molar-refractivity contribution in [2.45, 2.75) is 19.4 Å². The maximum absolute atomic E-state index is 8.55. The highest BCUT2D eigenvalue weighted by Crippen LogP contribution is 1.96. The first-order chi connectivity index (χ1) is 6.38. The van der Waals surface area contributed by atoms with Gasteiger partial charge in [0.05, 0.1) is 12.6 Å². The van der Waals surface area contributed by atoms with Crippen molar-refractivity contribution in [2.24, 2.45) is 0 Å². The number of H-pyrrole nitrogens is 1. The van der Waals surface area contributed by atoms with Gasteiger partial charge in [-0.25, -0.2) is 9.55 Å². The minimum absolute atomic E-state index is 0.465. The van der Waals surface area contributed by atoms with E-state index >= 15 is 0 Å². The highest BCUT2D eigenvalue weighted by atomic mass is 32.2. The Morgan fingerprint density at radius 1 is 1.69 bits per heavy atom. The topological polar surface area (TPSA) is 43.5 Å². The van der Waals surface area contributed by atoms with Crippen LogP contribution in [-0.2, 0) is 13.0 Å². The molecule has 0 fully saturated rings. The zero-order chi connectivity index (χ0) is 9.52. The van der Waals surface area contributed by atoms with Crippen LogP contribution in [0.15, 0.2) is 12.4 Å². The summed E-state index contributed by atoms with van der Waals surface area (Å²) in [7, 11) is 0. The second kappa shape index (κ2) is 5.65. The smallest absolute Gasteiger partial charge is 0.247 e. The van der Waals surface area contributed by atoms with Gasteiger partial charge < -0.3 is 0 Å². The largest absolute Gasteiger partial charge is 0.268 e. The molecule has 0 aliphatic carbocycles. The van der Waals surface area contributed by atoms with Crippen molar-refractivity contribution in [3.8, 4) is 6.07 Å². The van der Waals surface area contributed by atoms with Crippen LogP contribution in [-0.4, -0.2) is 17.0 Å². The molecule has 4 heteroatoms. The second-order valence-corrected chi connectivity index (χ2v) is 3.77. The van der Waals surface area contributed by atoms with Crippen molar-refractivity contribution in [3.05, 3.63) is 18.2 Å². The molecule has 13 heavy (non-hydrogen) atoms. The van der Waals surface area contributed by atoms with Crippen LogP contribution in [0, 0.1) is 11.3 Å². The van der Waals surface area contributed by atoms with E-state index in [1.54, 1.807) is 0 Å². The third-order valence-corrected chi connectivity index (χ3v) is 2.54. The van der Waals surface area contributed by atoms with E-state index in [4.69, 9.17) is 5.26 Å². The van der Waals surface area contributed by atoms with Crippen molar-refractivity contribution in [3.63, 3.8) is 0 Å². The first-order valence-electron chi connectivity index (χ1n) is 4.30. The van der Waals surface area contributed by atoms with Crippen LogP contribution >= 0.6 is 11.8 Å². The maximum atomic E-state index is 8.55. The summed E-state index contributed by atoms with van der Waals surface area (Å²) in [4.78, 5) is 3.07. The van der Waals surface area contributed by atoms with Crippen LogP contribution in [0.1, 0.15) is 12.2 Å². The van der Waals surface area contributed by atoms with Gasteiger partial charge in [-0.1, -0.05) is 0 Å². The van der Waals surface area contributed by atoms with Gasteiger partial charge in [-0.2, -0.15) is 17.0 Å². The zero-order valence-corrected chi connectivity index (χ0v) is 8.60. The van der Waals surface area contributed by atoms with Crippen molar-refractivity contribution in [1.82, 2.24) is 4.98 Å². The van der Waals surface area contributed by atoms with Crippen LogP contribution in [0.2, 0.25) is 0 Å². The molecule has 0 amide bonds. The predicted octanol–water partition coefficient (Wildman–Crippen LogP) is 1.12. The number of nitriles is 1. The second-order valence-electron chi connectivity index (χ2n) is 2.78. The van der Waals surface area contributed by atoms with Gasteiger partial charge in [0.15, 0.2) is 0 Å². The maximum Gasteiger partial charge on any atom is 0.268 e. The van der Waals surface area contributed by atoms with Crippen molar-refractivity contribution in [2.75, 3.05) is 12.0 Å². The first kappa shape index (κ1) is 10.1. The standard InChI is InChI=1S/C9H13N3S/c1-13-8-2-6-12-7-5-11-9(12)3-4-10/h5,7H,2-3,6,8H2,1H3/p+1. The minimum atomic E-state index is 0.465. The van der Waals surface area contributed by atoms with Gasteiger partial charge in [0.1, 0.15) is 18.8 Å². The summed E-state index contributed by atoms with van der Waals surface area (Å²) < 4.78 is 2.11. The van der Waals surface area contributed by atoms with Gasteiger partial charge in [-0.3, -0.25) is 0 Å². The fraction of sp³-hybridized carbons (Fsp3) is 0.556. The monoisotopic (exact) mass is 196 g/mol. The number of rotatable bonds is 5. The number of nitrogens with one attached hydrogen (secondary N) is 1. The van der Waals surface area contributed by atoms with Crippen molar-refractivity contribution >= 4 is 11.8 Å². The lowest BCUT2D eigenvalue weighted by molar-refractivity contribution is -0.702. The average Bonchev–Trinajstić information content (AvgIpc) is 2.54. The molecule has 0 radical (unpaired) electrons. The van der Waals surface area contributed by atoms with Gasteiger partial charge in [0, 0.05) is 0 Å². The molecule has 0 unspecified atom stereocenters. The van der Waals surface area contributed by atoms with E-state index < -0.39 is 0 Å². The fourth-order valence-electron chi connectivity index (χ4n) is 1.21. The number of aromatic nitrogens is 2. The molecule has 1 aromatic rings. The summed E-state index contributed by atoms with van der Waals surface area (Å²) in [6.45, 7) is 1.00. The highest BCUT2D eigenvalue weighted by Gasteiger charge is 2.08. The number of thioether (sulfide) groups is 1. The Hall–Kier alpha value is -0.950. The molecule has 0 saturated carbocycles. The van der Waals surface area contributed by atoms with Gasteiger partial charge in [-0.05, 0) is 18.4 Å². The molecule has 0 aliphatic heterocycles. The van der Waals surface area contributed by atoms with Crippen LogP contribution in [0.5, 0.6) is 0 Å². The Bertz CT molecular complexity index is 287. The molecule has 1 rings (SSSR count). The molecule has 0 aliphatic rings. The predicted molar refractivity (Wildman–Crippen MR) is 53.3 cm³/mol. The molecule has 70 valence electrons. The van der Waals surface area contributed by atoms with Gasteiger partial charge in [0.2, 0.25) is 0 Å². The molecule has 0 saturated heterocycles. The molecule has 3 nitrogen and oxygen atoms in total. The van der Waals surface area contributed by atoms with Crippen molar-refractivity contribution < 1.29 is 4.57 Å². The lowest BCUT2D eigenvalue weighted by atomic mass is 10.4. The van der Waals surface area contributed by atoms with Crippen LogP contribution in [0.4, 0.5) is 0 Å². The molecule has 1 heterocycles. The van der Waals surface area contributed by atoms with Gasteiger partial charge in [0.25, 0.3) is 5.82 Å². The lowest BCUT2D eigenvalue weighted by Crippen LogP contribution is -2.36. The van der Waals surface area contributed by atoms with E-state index in [2.05, 4.69) is 21.9 Å².